The van der Waals surface area contributed by atoms with E-state index in [1.165, 1.54) is 0 Å². The second-order valence-electron chi connectivity index (χ2n) is 1.56. The smallest absolute Gasteiger partial charge is 0.155 e. The average Bonchev–Trinajstić information content (AvgIpc) is 1.85. The zero-order valence-corrected chi connectivity index (χ0v) is 5.80. The summed E-state index contributed by atoms with van der Waals surface area (Å²) in [5.74, 6) is 0. The molecule has 2 nitrogen and oxygen atoms in total. The molecule has 0 aromatic carbocycles. The van der Waals surface area contributed by atoms with Crippen molar-refractivity contribution in [2.24, 2.45) is 0 Å². The molecule has 0 rings (SSSR count). The third-order valence-electron chi connectivity index (χ3n) is 0.801. The molecule has 0 aromatic heterocycles. The van der Waals surface area contributed by atoms with Crippen molar-refractivity contribution in [2.75, 3.05) is 13.2 Å². The van der Waals surface area contributed by atoms with Gasteiger partial charge in [0.25, 0.3) is 0 Å². The van der Waals surface area contributed by atoms with Crippen molar-refractivity contribution in [3.63, 3.8) is 0 Å². The second-order valence-corrected chi connectivity index (χ2v) is 1.56. The zero-order chi connectivity index (χ0) is 7.11. The van der Waals surface area contributed by atoms with Crippen LogP contribution in [0.5, 0.6) is 0 Å². The van der Waals surface area contributed by atoms with Gasteiger partial charge in [-0.3, -0.25) is 0 Å². The topological polar surface area (TPSA) is 18.5 Å². The fourth-order valence-electron chi connectivity index (χ4n) is 0.418. The molecule has 0 aliphatic heterocycles. The highest BCUT2D eigenvalue weighted by Gasteiger charge is 1.95. The van der Waals surface area contributed by atoms with Crippen molar-refractivity contribution in [1.29, 1.82) is 0 Å². The molecule has 0 bridgehead atoms. The van der Waals surface area contributed by atoms with Crippen LogP contribution in [0.4, 0.5) is 0 Å². The molecule has 1 atom stereocenters. The van der Waals surface area contributed by atoms with Crippen molar-refractivity contribution in [3.05, 3.63) is 19.6 Å². The fourth-order valence-corrected chi connectivity index (χ4v) is 0.418. The van der Waals surface area contributed by atoms with E-state index in [9.17, 15) is 0 Å². The summed E-state index contributed by atoms with van der Waals surface area (Å²) in [4.78, 5) is 0. The summed E-state index contributed by atoms with van der Waals surface area (Å²) < 4.78 is 10.0. The standard InChI is InChI=1S/C7H13O2/c1-4-6-9-7(3)8-5-2/h4,7H,1-2,5-6H2,3H3. The minimum absolute atomic E-state index is 0.166. The quantitative estimate of drug-likeness (QED) is 0.412. The van der Waals surface area contributed by atoms with E-state index < -0.39 is 0 Å². The third kappa shape index (κ3) is 5.53. The molecule has 0 spiro atoms. The van der Waals surface area contributed by atoms with Gasteiger partial charge in [-0.2, -0.15) is 0 Å². The second kappa shape index (κ2) is 5.79. The highest BCUT2D eigenvalue weighted by molar-refractivity contribution is 4.63. The molecule has 9 heavy (non-hydrogen) atoms. The van der Waals surface area contributed by atoms with Crippen LogP contribution in [-0.4, -0.2) is 19.5 Å². The normalized spacial score (nSPS) is 13.1. The van der Waals surface area contributed by atoms with Gasteiger partial charge in [0.1, 0.15) is 0 Å². The van der Waals surface area contributed by atoms with Crippen LogP contribution in [0.3, 0.4) is 0 Å². The van der Waals surface area contributed by atoms with Crippen LogP contribution in [0.25, 0.3) is 0 Å². The van der Waals surface area contributed by atoms with Gasteiger partial charge in [0.05, 0.1) is 6.61 Å². The van der Waals surface area contributed by atoms with E-state index in [1.54, 1.807) is 6.08 Å². The van der Waals surface area contributed by atoms with Crippen LogP contribution < -0.4 is 0 Å². The first-order valence-corrected chi connectivity index (χ1v) is 2.94. The van der Waals surface area contributed by atoms with Crippen molar-refractivity contribution in [2.45, 2.75) is 13.2 Å². The summed E-state index contributed by atoms with van der Waals surface area (Å²) >= 11 is 0. The van der Waals surface area contributed by atoms with Gasteiger partial charge >= 0.3 is 0 Å². The van der Waals surface area contributed by atoms with Crippen molar-refractivity contribution in [1.82, 2.24) is 0 Å². The molecule has 2 heteroatoms. The predicted octanol–water partition coefficient (Wildman–Crippen LogP) is 1.39. The maximum Gasteiger partial charge on any atom is 0.155 e. The lowest BCUT2D eigenvalue weighted by molar-refractivity contribution is -0.114. The lowest BCUT2D eigenvalue weighted by atomic mass is 10.6. The van der Waals surface area contributed by atoms with Crippen LogP contribution in [-0.2, 0) is 9.47 Å². The molecule has 1 unspecified atom stereocenters. The fraction of sp³-hybridized carbons (Fsp3) is 0.571. The molecular weight excluding hydrogens is 116 g/mol. The molecule has 0 aliphatic carbocycles. The minimum Gasteiger partial charge on any atom is -0.353 e. The zero-order valence-electron chi connectivity index (χ0n) is 5.80. The Morgan fingerprint density at radius 3 is 2.67 bits per heavy atom. The van der Waals surface area contributed by atoms with Crippen molar-refractivity contribution in [3.8, 4) is 0 Å². The van der Waals surface area contributed by atoms with Crippen molar-refractivity contribution >= 4 is 0 Å². The molecule has 0 saturated carbocycles. The number of hydrogen-bond donors (Lipinski definition) is 0. The number of hydrogen-bond acceptors (Lipinski definition) is 2. The van der Waals surface area contributed by atoms with E-state index in [0.29, 0.717) is 13.2 Å². The highest BCUT2D eigenvalue weighted by atomic mass is 16.7. The average molecular weight is 129 g/mol. The van der Waals surface area contributed by atoms with E-state index >= 15 is 0 Å². The van der Waals surface area contributed by atoms with Gasteiger partial charge in [-0.05, 0) is 13.8 Å². The minimum atomic E-state index is -0.166. The molecule has 0 heterocycles. The van der Waals surface area contributed by atoms with Crippen LogP contribution in [0, 0.1) is 6.92 Å². The first-order chi connectivity index (χ1) is 4.31. The first-order valence-electron chi connectivity index (χ1n) is 2.94. The van der Waals surface area contributed by atoms with Gasteiger partial charge in [0.15, 0.2) is 6.29 Å². The van der Waals surface area contributed by atoms with Crippen LogP contribution in [0.15, 0.2) is 12.7 Å². The van der Waals surface area contributed by atoms with Gasteiger partial charge in [0.2, 0.25) is 0 Å². The summed E-state index contributed by atoms with van der Waals surface area (Å²) in [6.45, 7) is 9.80. The molecule has 0 aromatic rings. The molecule has 0 N–H and O–H groups in total. The maximum atomic E-state index is 5.05. The van der Waals surface area contributed by atoms with E-state index in [-0.39, 0.29) is 6.29 Å². The van der Waals surface area contributed by atoms with Gasteiger partial charge in [0, 0.05) is 6.61 Å². The molecular formula is C7H13O2. The lowest BCUT2D eigenvalue weighted by Gasteiger charge is -2.09. The first kappa shape index (κ1) is 8.66. The summed E-state index contributed by atoms with van der Waals surface area (Å²) in [5.41, 5.74) is 0. The van der Waals surface area contributed by atoms with Crippen LogP contribution in [0.1, 0.15) is 6.92 Å². The molecule has 1 radical (unpaired) electrons. The Labute approximate surface area is 56.5 Å². The van der Waals surface area contributed by atoms with E-state index in [1.807, 2.05) is 6.92 Å². The Hall–Kier alpha value is -0.340. The Morgan fingerprint density at radius 1 is 1.56 bits per heavy atom. The summed E-state index contributed by atoms with van der Waals surface area (Å²) in [6, 6.07) is 0. The van der Waals surface area contributed by atoms with Gasteiger partial charge < -0.3 is 9.47 Å². The SMILES string of the molecule is [CH2]COC(C)OCC=C. The number of ether oxygens (including phenoxy) is 2. The highest BCUT2D eigenvalue weighted by Crippen LogP contribution is 1.91. The van der Waals surface area contributed by atoms with E-state index in [2.05, 4.69) is 13.5 Å². The molecule has 0 saturated heterocycles. The Kier molecular flexibility index (Phi) is 5.57. The van der Waals surface area contributed by atoms with E-state index in [4.69, 9.17) is 9.47 Å². The Morgan fingerprint density at radius 2 is 2.22 bits per heavy atom. The summed E-state index contributed by atoms with van der Waals surface area (Å²) in [5, 5.41) is 0. The van der Waals surface area contributed by atoms with Gasteiger partial charge in [-0.15, -0.1) is 6.58 Å². The molecule has 0 aliphatic rings. The number of rotatable bonds is 5. The van der Waals surface area contributed by atoms with E-state index in [0.717, 1.165) is 0 Å². The van der Waals surface area contributed by atoms with Crippen LogP contribution in [0.2, 0.25) is 0 Å². The summed E-state index contributed by atoms with van der Waals surface area (Å²) in [7, 11) is 0. The lowest BCUT2D eigenvalue weighted by Crippen LogP contribution is -2.12. The predicted molar refractivity (Wildman–Crippen MR) is 36.9 cm³/mol. The largest absolute Gasteiger partial charge is 0.353 e. The van der Waals surface area contributed by atoms with Crippen LogP contribution >= 0.6 is 0 Å². The molecule has 0 amide bonds. The Bertz CT molecular complexity index is 71.3. The molecule has 0 fully saturated rings. The van der Waals surface area contributed by atoms with Gasteiger partial charge in [-0.1, -0.05) is 6.08 Å². The van der Waals surface area contributed by atoms with Crippen molar-refractivity contribution < 1.29 is 9.47 Å². The van der Waals surface area contributed by atoms with Gasteiger partial charge in [-0.25, -0.2) is 0 Å². The maximum absolute atomic E-state index is 5.05. The third-order valence-corrected chi connectivity index (χ3v) is 0.801. The molecule has 53 valence electrons. The monoisotopic (exact) mass is 129 g/mol. The Balaban J connectivity index is 3.04. The summed E-state index contributed by atoms with van der Waals surface area (Å²) in [6.07, 6.45) is 1.52.